The van der Waals surface area contributed by atoms with Crippen LogP contribution < -0.4 is 5.32 Å². The molecular weight excluding hydrogens is 331 g/mol. The van der Waals surface area contributed by atoms with Crippen LogP contribution in [0.5, 0.6) is 0 Å². The van der Waals surface area contributed by atoms with Gasteiger partial charge in [0, 0.05) is 39.2 Å². The number of methoxy groups -OCH3 is 1. The third-order valence-corrected chi connectivity index (χ3v) is 5.84. The van der Waals surface area contributed by atoms with Crippen molar-refractivity contribution in [3.8, 4) is 0 Å². The molecule has 3 rings (SSSR count). The molecule has 0 aromatic heterocycles. The van der Waals surface area contributed by atoms with Crippen LogP contribution in [0.3, 0.4) is 0 Å². The molecule has 1 aromatic carbocycles. The number of likely N-dealkylation sites (tertiary alicyclic amines) is 1. The fourth-order valence-corrected chi connectivity index (χ4v) is 4.39. The molecule has 4 nitrogen and oxygen atoms in total. The first kappa shape index (κ1) is 19.3. The summed E-state index contributed by atoms with van der Waals surface area (Å²) < 4.78 is 20.4. The Kier molecular flexibility index (Phi) is 6.30. The van der Waals surface area contributed by atoms with Crippen LogP contribution in [0, 0.1) is 18.7 Å². The molecule has 26 heavy (non-hydrogen) atoms. The molecule has 2 aliphatic rings. The van der Waals surface area contributed by atoms with Gasteiger partial charge in [-0.3, -0.25) is 4.79 Å². The number of amides is 1. The van der Waals surface area contributed by atoms with Gasteiger partial charge >= 0.3 is 0 Å². The summed E-state index contributed by atoms with van der Waals surface area (Å²) in [6.07, 6.45) is 4.02. The number of ether oxygens (including phenoxy) is 1. The summed E-state index contributed by atoms with van der Waals surface area (Å²) in [5.74, 6) is -0.287. The number of carbonyl (C=O) groups is 1. The molecule has 0 spiro atoms. The van der Waals surface area contributed by atoms with Gasteiger partial charge < -0.3 is 15.0 Å². The van der Waals surface area contributed by atoms with Gasteiger partial charge in [-0.1, -0.05) is 6.07 Å². The van der Waals surface area contributed by atoms with E-state index in [1.165, 1.54) is 6.42 Å². The third kappa shape index (κ3) is 4.09. The molecule has 3 atom stereocenters. The number of nitrogens with zero attached hydrogens (tertiary/aromatic N) is 1. The van der Waals surface area contributed by atoms with E-state index in [1.807, 2.05) is 18.7 Å². The summed E-state index contributed by atoms with van der Waals surface area (Å²) in [5, 5.41) is 3.33. The molecule has 2 unspecified atom stereocenters. The van der Waals surface area contributed by atoms with E-state index in [2.05, 4.69) is 11.4 Å². The highest BCUT2D eigenvalue weighted by atomic mass is 19.1. The Morgan fingerprint density at radius 3 is 2.73 bits per heavy atom. The highest BCUT2D eigenvalue weighted by molar-refractivity contribution is 5.81. The lowest BCUT2D eigenvalue weighted by atomic mass is 9.82. The van der Waals surface area contributed by atoms with Crippen molar-refractivity contribution in [3.63, 3.8) is 0 Å². The molecule has 2 heterocycles. The molecule has 2 saturated heterocycles. The average molecular weight is 362 g/mol. The zero-order valence-corrected chi connectivity index (χ0v) is 16.2. The lowest BCUT2D eigenvalue weighted by molar-refractivity contribution is -0.136. The van der Waals surface area contributed by atoms with Crippen LogP contribution in [-0.2, 0) is 16.0 Å². The number of rotatable bonds is 5. The highest BCUT2D eigenvalue weighted by Crippen LogP contribution is 2.35. The number of benzene rings is 1. The molecule has 1 aromatic rings. The van der Waals surface area contributed by atoms with Crippen LogP contribution in [0.2, 0.25) is 0 Å². The van der Waals surface area contributed by atoms with Gasteiger partial charge in [0.15, 0.2) is 0 Å². The van der Waals surface area contributed by atoms with E-state index in [4.69, 9.17) is 4.74 Å². The third-order valence-electron chi connectivity index (χ3n) is 5.84. The predicted octanol–water partition coefficient (Wildman–Crippen LogP) is 3.03. The van der Waals surface area contributed by atoms with Crippen LogP contribution >= 0.6 is 0 Å². The first-order valence-electron chi connectivity index (χ1n) is 9.82. The Balaban J connectivity index is 1.89. The number of nitrogens with one attached hydrogen (secondary N) is 1. The number of hydrogen-bond donors (Lipinski definition) is 1. The largest absolute Gasteiger partial charge is 0.381 e. The van der Waals surface area contributed by atoms with Crippen molar-refractivity contribution in [2.75, 3.05) is 33.3 Å². The summed E-state index contributed by atoms with van der Waals surface area (Å²) in [5.41, 5.74) is 2.59. The standard InChI is InChI=1S/C21H31FN2O2/c1-14-9-16(11-15(2)26-3)20(19(22)10-14)17-12-23-13-18(17)21(25)24-7-5-4-6-8-24/h9-10,15,17-18,23H,4-8,11-13H2,1-3H3/t15?,17-,18?/m1/s1. The van der Waals surface area contributed by atoms with E-state index in [9.17, 15) is 4.79 Å². The van der Waals surface area contributed by atoms with E-state index in [-0.39, 0.29) is 29.7 Å². The summed E-state index contributed by atoms with van der Waals surface area (Å²) in [7, 11) is 1.68. The number of hydrogen-bond acceptors (Lipinski definition) is 3. The van der Waals surface area contributed by atoms with Gasteiger partial charge in [-0.2, -0.15) is 0 Å². The Bertz CT molecular complexity index is 643. The predicted molar refractivity (Wildman–Crippen MR) is 101 cm³/mol. The minimum atomic E-state index is -0.187. The van der Waals surface area contributed by atoms with E-state index in [0.717, 1.165) is 37.1 Å². The molecule has 0 saturated carbocycles. The van der Waals surface area contributed by atoms with Gasteiger partial charge in [-0.05, 0) is 62.3 Å². The average Bonchev–Trinajstić information content (AvgIpc) is 3.10. The Morgan fingerprint density at radius 1 is 1.31 bits per heavy atom. The number of piperidine rings is 1. The van der Waals surface area contributed by atoms with Gasteiger partial charge in [-0.25, -0.2) is 4.39 Å². The number of halogens is 1. The topological polar surface area (TPSA) is 41.6 Å². The van der Waals surface area contributed by atoms with E-state index in [1.54, 1.807) is 13.2 Å². The molecular formula is C21H31FN2O2. The van der Waals surface area contributed by atoms with Gasteiger partial charge in [0.25, 0.3) is 0 Å². The second-order valence-corrected chi connectivity index (χ2v) is 7.83. The maximum absolute atomic E-state index is 15.0. The minimum absolute atomic E-state index is 0.0144. The molecule has 144 valence electrons. The van der Waals surface area contributed by atoms with Crippen LogP contribution in [0.25, 0.3) is 0 Å². The van der Waals surface area contributed by atoms with Gasteiger partial charge in [0.1, 0.15) is 5.82 Å². The fourth-order valence-electron chi connectivity index (χ4n) is 4.39. The van der Waals surface area contributed by atoms with Crippen molar-refractivity contribution < 1.29 is 13.9 Å². The number of aryl methyl sites for hydroxylation is 1. The molecule has 1 N–H and O–H groups in total. The van der Waals surface area contributed by atoms with Crippen LogP contribution in [0.15, 0.2) is 12.1 Å². The van der Waals surface area contributed by atoms with Crippen molar-refractivity contribution >= 4 is 5.91 Å². The maximum atomic E-state index is 15.0. The zero-order chi connectivity index (χ0) is 18.7. The Labute approximate surface area is 156 Å². The van der Waals surface area contributed by atoms with Crippen molar-refractivity contribution in [1.82, 2.24) is 10.2 Å². The minimum Gasteiger partial charge on any atom is -0.381 e. The normalized spacial score (nSPS) is 24.7. The maximum Gasteiger partial charge on any atom is 0.227 e. The van der Waals surface area contributed by atoms with Gasteiger partial charge in [-0.15, -0.1) is 0 Å². The quantitative estimate of drug-likeness (QED) is 0.875. The fraction of sp³-hybridized carbons (Fsp3) is 0.667. The lowest BCUT2D eigenvalue weighted by Gasteiger charge is -2.31. The second-order valence-electron chi connectivity index (χ2n) is 7.83. The van der Waals surface area contributed by atoms with Crippen molar-refractivity contribution in [3.05, 3.63) is 34.6 Å². The van der Waals surface area contributed by atoms with E-state index < -0.39 is 0 Å². The van der Waals surface area contributed by atoms with Gasteiger partial charge in [0.05, 0.1) is 12.0 Å². The summed E-state index contributed by atoms with van der Waals surface area (Å²) in [6.45, 7) is 6.87. The molecule has 2 fully saturated rings. The SMILES string of the molecule is COC(C)Cc1cc(C)cc(F)c1[C@@H]1CNCC1C(=O)N1CCCCC1. The Morgan fingerprint density at radius 2 is 2.04 bits per heavy atom. The van der Waals surface area contributed by atoms with Crippen molar-refractivity contribution in [1.29, 1.82) is 0 Å². The van der Waals surface area contributed by atoms with Crippen molar-refractivity contribution in [2.45, 2.75) is 51.6 Å². The molecule has 0 bridgehead atoms. The highest BCUT2D eigenvalue weighted by Gasteiger charge is 2.39. The van der Waals surface area contributed by atoms with E-state index >= 15 is 4.39 Å². The molecule has 2 aliphatic heterocycles. The number of carbonyl (C=O) groups excluding carboxylic acids is 1. The summed E-state index contributed by atoms with van der Waals surface area (Å²) >= 11 is 0. The van der Waals surface area contributed by atoms with E-state index in [0.29, 0.717) is 25.1 Å². The van der Waals surface area contributed by atoms with Crippen LogP contribution in [0.1, 0.15) is 48.8 Å². The van der Waals surface area contributed by atoms with Gasteiger partial charge in [0.2, 0.25) is 5.91 Å². The molecule has 1 amide bonds. The summed E-state index contributed by atoms with van der Waals surface area (Å²) in [4.78, 5) is 15.1. The first-order chi connectivity index (χ1) is 12.5. The van der Waals surface area contributed by atoms with Crippen LogP contribution in [-0.4, -0.2) is 50.2 Å². The summed E-state index contributed by atoms with van der Waals surface area (Å²) in [6, 6.07) is 3.64. The lowest BCUT2D eigenvalue weighted by Crippen LogP contribution is -2.42. The molecule has 5 heteroatoms. The molecule has 0 radical (unpaired) electrons. The smallest absolute Gasteiger partial charge is 0.227 e. The first-order valence-corrected chi connectivity index (χ1v) is 9.82. The van der Waals surface area contributed by atoms with Crippen LogP contribution in [0.4, 0.5) is 4.39 Å². The second kappa shape index (κ2) is 8.49. The van der Waals surface area contributed by atoms with Crippen molar-refractivity contribution in [2.24, 2.45) is 5.92 Å². The zero-order valence-electron chi connectivity index (χ0n) is 16.2. The monoisotopic (exact) mass is 362 g/mol. The Hall–Kier alpha value is -1.46. The molecule has 0 aliphatic carbocycles.